The van der Waals surface area contributed by atoms with E-state index in [-0.39, 0.29) is 17.2 Å². The van der Waals surface area contributed by atoms with Crippen molar-refractivity contribution in [1.29, 1.82) is 0 Å². The maximum Gasteiger partial charge on any atom is 0.225 e. The normalized spacial score (nSPS) is 16.2. The second kappa shape index (κ2) is 6.81. The molecule has 4 heteroatoms. The van der Waals surface area contributed by atoms with Gasteiger partial charge in [0, 0.05) is 24.4 Å². The molecule has 0 saturated carbocycles. The smallest absolute Gasteiger partial charge is 0.225 e. The quantitative estimate of drug-likeness (QED) is 0.829. The minimum absolute atomic E-state index is 0.102. The van der Waals surface area contributed by atoms with E-state index in [4.69, 9.17) is 9.47 Å². The van der Waals surface area contributed by atoms with E-state index in [0.717, 1.165) is 36.4 Å². The van der Waals surface area contributed by atoms with Gasteiger partial charge in [-0.05, 0) is 36.1 Å². The van der Waals surface area contributed by atoms with Crippen LogP contribution in [0.3, 0.4) is 0 Å². The van der Waals surface area contributed by atoms with E-state index in [1.807, 2.05) is 11.0 Å². The lowest BCUT2D eigenvalue weighted by Gasteiger charge is -2.41. The number of benzene rings is 1. The van der Waals surface area contributed by atoms with E-state index in [1.165, 1.54) is 5.56 Å². The average Bonchev–Trinajstić information content (AvgIpc) is 2.53. The summed E-state index contributed by atoms with van der Waals surface area (Å²) in [7, 11) is 3.30. The van der Waals surface area contributed by atoms with Crippen molar-refractivity contribution in [3.8, 4) is 11.5 Å². The Morgan fingerprint density at radius 2 is 1.74 bits per heavy atom. The Morgan fingerprint density at radius 1 is 1.17 bits per heavy atom. The molecule has 0 atom stereocenters. The fraction of sp³-hybridized carbons (Fsp3) is 0.632. The van der Waals surface area contributed by atoms with Gasteiger partial charge in [0.1, 0.15) is 0 Å². The molecule has 4 nitrogen and oxygen atoms in total. The summed E-state index contributed by atoms with van der Waals surface area (Å²) in [6.07, 6.45) is 1.79. The van der Waals surface area contributed by atoms with Crippen molar-refractivity contribution < 1.29 is 14.3 Å². The summed E-state index contributed by atoms with van der Waals surface area (Å²) < 4.78 is 10.9. The number of ether oxygens (including phenoxy) is 2. The number of carbonyl (C=O) groups is 1. The summed E-state index contributed by atoms with van der Waals surface area (Å²) in [6, 6.07) is 4.08. The van der Waals surface area contributed by atoms with E-state index < -0.39 is 0 Å². The van der Waals surface area contributed by atoms with Crippen molar-refractivity contribution in [2.24, 2.45) is 5.92 Å². The van der Waals surface area contributed by atoms with Gasteiger partial charge in [-0.3, -0.25) is 4.79 Å². The van der Waals surface area contributed by atoms with Gasteiger partial charge in [-0.15, -0.1) is 0 Å². The zero-order valence-corrected chi connectivity index (χ0v) is 15.2. The molecule has 1 aromatic carbocycles. The van der Waals surface area contributed by atoms with Crippen molar-refractivity contribution in [2.45, 2.75) is 52.5 Å². The summed E-state index contributed by atoms with van der Waals surface area (Å²) in [5, 5.41) is 0. The first-order chi connectivity index (χ1) is 10.9. The van der Waals surface area contributed by atoms with Gasteiger partial charge in [0.25, 0.3) is 0 Å². The molecular formula is C19H29NO3. The molecule has 0 N–H and O–H groups in total. The number of methoxy groups -OCH3 is 2. The zero-order chi connectivity index (χ0) is 17.2. The Labute approximate surface area is 139 Å². The lowest BCUT2D eigenvalue weighted by atomic mass is 9.77. The molecule has 0 aromatic heterocycles. The number of hydrogen-bond acceptors (Lipinski definition) is 3. The van der Waals surface area contributed by atoms with Crippen molar-refractivity contribution >= 4 is 5.91 Å². The summed E-state index contributed by atoms with van der Waals surface area (Å²) in [4.78, 5) is 14.8. The van der Waals surface area contributed by atoms with Crippen LogP contribution >= 0.6 is 0 Å². The largest absolute Gasteiger partial charge is 0.493 e. The van der Waals surface area contributed by atoms with Crippen LogP contribution in [0.25, 0.3) is 0 Å². The minimum Gasteiger partial charge on any atom is -0.493 e. The highest BCUT2D eigenvalue weighted by Gasteiger charge is 2.36. The molecule has 1 aromatic rings. The van der Waals surface area contributed by atoms with Crippen LogP contribution in [0.15, 0.2) is 12.1 Å². The third kappa shape index (κ3) is 3.31. The van der Waals surface area contributed by atoms with Crippen LogP contribution in [-0.4, -0.2) is 31.6 Å². The number of nitrogens with zero attached hydrogens (tertiary/aromatic N) is 1. The lowest BCUT2D eigenvalue weighted by Crippen LogP contribution is -2.47. The van der Waals surface area contributed by atoms with E-state index in [2.05, 4.69) is 33.8 Å². The standard InChI is InChI=1S/C19H29NO3/c1-7-13(8-2)18(21)20-11-14-9-16(22-5)17(23-6)10-15(14)19(3,4)12-20/h9-10,13H,7-8,11-12H2,1-6H3. The third-order valence-corrected chi connectivity index (χ3v) is 4.93. The number of carbonyl (C=O) groups excluding carboxylic acids is 1. The van der Waals surface area contributed by atoms with Crippen LogP contribution in [-0.2, 0) is 16.8 Å². The van der Waals surface area contributed by atoms with Gasteiger partial charge in [0.2, 0.25) is 5.91 Å². The number of rotatable bonds is 5. The first kappa shape index (κ1) is 17.6. The highest BCUT2D eigenvalue weighted by atomic mass is 16.5. The molecule has 1 aliphatic rings. The van der Waals surface area contributed by atoms with Crippen LogP contribution in [0.1, 0.15) is 51.7 Å². The van der Waals surface area contributed by atoms with Gasteiger partial charge in [-0.1, -0.05) is 27.7 Å². The zero-order valence-electron chi connectivity index (χ0n) is 15.2. The fourth-order valence-corrected chi connectivity index (χ4v) is 3.56. The van der Waals surface area contributed by atoms with Gasteiger partial charge >= 0.3 is 0 Å². The summed E-state index contributed by atoms with van der Waals surface area (Å²) in [6.45, 7) is 9.93. The van der Waals surface area contributed by atoms with Crippen LogP contribution < -0.4 is 9.47 Å². The second-order valence-electron chi connectivity index (χ2n) is 6.96. The van der Waals surface area contributed by atoms with E-state index in [1.54, 1.807) is 14.2 Å². The maximum absolute atomic E-state index is 12.8. The van der Waals surface area contributed by atoms with Crippen molar-refractivity contribution in [3.05, 3.63) is 23.3 Å². The summed E-state index contributed by atoms with van der Waals surface area (Å²) in [5.74, 6) is 1.86. The first-order valence-electron chi connectivity index (χ1n) is 8.42. The molecular weight excluding hydrogens is 290 g/mol. The SMILES string of the molecule is CCC(CC)C(=O)N1Cc2cc(OC)c(OC)cc2C(C)(C)C1. The van der Waals surface area contributed by atoms with Gasteiger partial charge in [-0.2, -0.15) is 0 Å². The maximum atomic E-state index is 12.8. The average molecular weight is 319 g/mol. The molecule has 1 amide bonds. The predicted octanol–water partition coefficient (Wildman–Crippen LogP) is 3.76. The molecule has 0 unspecified atom stereocenters. The first-order valence-corrected chi connectivity index (χ1v) is 8.42. The molecule has 0 bridgehead atoms. The third-order valence-electron chi connectivity index (χ3n) is 4.93. The van der Waals surface area contributed by atoms with E-state index in [0.29, 0.717) is 6.54 Å². The molecule has 0 saturated heterocycles. The molecule has 0 aliphatic carbocycles. The summed E-state index contributed by atoms with van der Waals surface area (Å²) in [5.41, 5.74) is 2.29. The molecule has 1 heterocycles. The monoisotopic (exact) mass is 319 g/mol. The number of hydrogen-bond donors (Lipinski definition) is 0. The second-order valence-corrected chi connectivity index (χ2v) is 6.96. The molecule has 0 radical (unpaired) electrons. The van der Waals surface area contributed by atoms with Crippen molar-refractivity contribution in [2.75, 3.05) is 20.8 Å². The van der Waals surface area contributed by atoms with Crippen LogP contribution in [0.5, 0.6) is 11.5 Å². The highest BCUT2D eigenvalue weighted by molar-refractivity contribution is 5.79. The minimum atomic E-state index is -0.102. The molecule has 2 rings (SSSR count). The van der Waals surface area contributed by atoms with Gasteiger partial charge in [-0.25, -0.2) is 0 Å². The van der Waals surface area contributed by atoms with Crippen LogP contribution in [0.2, 0.25) is 0 Å². The Kier molecular flexibility index (Phi) is 5.23. The van der Waals surface area contributed by atoms with Gasteiger partial charge < -0.3 is 14.4 Å². The van der Waals surface area contributed by atoms with Crippen molar-refractivity contribution in [3.63, 3.8) is 0 Å². The molecule has 0 fully saturated rings. The molecule has 128 valence electrons. The Morgan fingerprint density at radius 3 is 2.26 bits per heavy atom. The molecule has 0 spiro atoms. The van der Waals surface area contributed by atoms with Crippen molar-refractivity contribution in [1.82, 2.24) is 4.90 Å². The van der Waals surface area contributed by atoms with Gasteiger partial charge in [0.15, 0.2) is 11.5 Å². The number of fused-ring (bicyclic) bond motifs is 1. The van der Waals surface area contributed by atoms with Gasteiger partial charge in [0.05, 0.1) is 14.2 Å². The Bertz CT molecular complexity index is 576. The molecule has 1 aliphatic heterocycles. The van der Waals surface area contributed by atoms with E-state index in [9.17, 15) is 4.79 Å². The molecule has 23 heavy (non-hydrogen) atoms. The predicted molar refractivity (Wildman–Crippen MR) is 92.1 cm³/mol. The lowest BCUT2D eigenvalue weighted by molar-refractivity contribution is -0.137. The van der Waals surface area contributed by atoms with Crippen LogP contribution in [0, 0.1) is 5.92 Å². The Hall–Kier alpha value is -1.71. The number of amides is 1. The van der Waals surface area contributed by atoms with Crippen LogP contribution in [0.4, 0.5) is 0 Å². The highest BCUT2D eigenvalue weighted by Crippen LogP contribution is 2.40. The fourth-order valence-electron chi connectivity index (χ4n) is 3.56. The summed E-state index contributed by atoms with van der Waals surface area (Å²) >= 11 is 0. The van der Waals surface area contributed by atoms with E-state index >= 15 is 0 Å². The topological polar surface area (TPSA) is 38.8 Å². The Balaban J connectivity index is 2.41.